The Bertz CT molecular complexity index is 1430. The summed E-state index contributed by atoms with van der Waals surface area (Å²) in [4.78, 5) is 44.8. The number of nitrogens with zero attached hydrogens (tertiary/aromatic N) is 2. The number of rotatable bonds is 8. The highest BCUT2D eigenvalue weighted by Crippen LogP contribution is 2.44. The summed E-state index contributed by atoms with van der Waals surface area (Å²) in [5.41, 5.74) is 1.96. The molecular formula is C28H27ClN2O6S. The van der Waals surface area contributed by atoms with Crippen LogP contribution in [-0.2, 0) is 14.3 Å². The number of carbonyl (C=O) groups excluding carboxylic acids is 3. The molecule has 1 aliphatic rings. The van der Waals surface area contributed by atoms with Crippen molar-refractivity contribution in [1.29, 1.82) is 0 Å². The van der Waals surface area contributed by atoms with Crippen molar-refractivity contribution in [3.63, 3.8) is 0 Å². The third kappa shape index (κ3) is 5.16. The molecule has 0 saturated carbocycles. The molecule has 38 heavy (non-hydrogen) atoms. The molecule has 8 nitrogen and oxygen atoms in total. The standard InChI is InChI=1S/C28H27ClN2O6S/c1-5-6-13-37-20-12-9-18(14-15(20)2)23(32)21-22(17-7-10-19(29)11-8-17)31(26(34)24(21)33)28-30-16(3)25(38-28)27(35)36-4/h7-12,14,22,32H,5-6,13H2,1-4H3/b23-21-. The molecule has 0 spiro atoms. The van der Waals surface area contributed by atoms with Crippen LogP contribution in [0.3, 0.4) is 0 Å². The fourth-order valence-corrected chi connectivity index (χ4v) is 5.34. The third-order valence-corrected chi connectivity index (χ3v) is 7.58. The molecule has 0 radical (unpaired) electrons. The van der Waals surface area contributed by atoms with E-state index in [0.29, 0.717) is 34.2 Å². The van der Waals surface area contributed by atoms with Gasteiger partial charge in [0, 0.05) is 10.6 Å². The first-order valence-electron chi connectivity index (χ1n) is 12.0. The first kappa shape index (κ1) is 27.3. The second-order valence-corrected chi connectivity index (χ2v) is 10.2. The Hall–Kier alpha value is -3.69. The lowest BCUT2D eigenvalue weighted by Crippen LogP contribution is -2.29. The third-order valence-electron chi connectivity index (χ3n) is 6.20. The second-order valence-electron chi connectivity index (χ2n) is 8.81. The number of halogens is 1. The van der Waals surface area contributed by atoms with Crippen LogP contribution in [0.1, 0.15) is 57.9 Å². The van der Waals surface area contributed by atoms with Gasteiger partial charge in [-0.25, -0.2) is 9.78 Å². The van der Waals surface area contributed by atoms with Crippen LogP contribution in [0.2, 0.25) is 5.02 Å². The van der Waals surface area contributed by atoms with Crippen LogP contribution >= 0.6 is 22.9 Å². The number of ether oxygens (including phenoxy) is 2. The fourth-order valence-electron chi connectivity index (χ4n) is 4.20. The maximum Gasteiger partial charge on any atom is 0.350 e. The highest BCUT2D eigenvalue weighted by Gasteiger charge is 2.48. The number of ketones is 1. The first-order valence-corrected chi connectivity index (χ1v) is 13.2. The van der Waals surface area contributed by atoms with Crippen molar-refractivity contribution >= 4 is 51.5 Å². The number of Topliss-reactive ketones (excluding diaryl/α,β-unsaturated/α-hetero) is 1. The first-order chi connectivity index (χ1) is 18.2. The lowest BCUT2D eigenvalue weighted by molar-refractivity contribution is -0.132. The summed E-state index contributed by atoms with van der Waals surface area (Å²) in [7, 11) is 1.25. The Morgan fingerprint density at radius 2 is 1.87 bits per heavy atom. The van der Waals surface area contributed by atoms with E-state index in [1.54, 1.807) is 49.4 Å². The van der Waals surface area contributed by atoms with E-state index < -0.39 is 23.7 Å². The van der Waals surface area contributed by atoms with E-state index in [0.717, 1.165) is 29.7 Å². The molecule has 1 aliphatic heterocycles. The zero-order chi connectivity index (χ0) is 27.6. The fraction of sp³-hybridized carbons (Fsp3) is 0.286. The smallest absolute Gasteiger partial charge is 0.350 e. The number of amides is 1. The Balaban J connectivity index is 1.84. The number of carbonyl (C=O) groups is 3. The molecular weight excluding hydrogens is 528 g/mol. The molecule has 1 amide bonds. The number of aryl methyl sites for hydroxylation is 2. The SMILES string of the molecule is CCCCOc1ccc(/C(O)=C2/C(=O)C(=O)N(c3nc(C)c(C(=O)OC)s3)C2c2ccc(Cl)cc2)cc1C. The summed E-state index contributed by atoms with van der Waals surface area (Å²) >= 11 is 7.03. The van der Waals surface area contributed by atoms with Crippen LogP contribution in [-0.4, -0.2) is 41.5 Å². The van der Waals surface area contributed by atoms with Gasteiger partial charge >= 0.3 is 11.9 Å². The number of thiazole rings is 1. The Kier molecular flexibility index (Phi) is 8.18. The van der Waals surface area contributed by atoms with Crippen LogP contribution in [0.5, 0.6) is 5.75 Å². The van der Waals surface area contributed by atoms with E-state index in [4.69, 9.17) is 21.1 Å². The summed E-state index contributed by atoms with van der Waals surface area (Å²) < 4.78 is 10.6. The van der Waals surface area contributed by atoms with Gasteiger partial charge < -0.3 is 14.6 Å². The zero-order valence-corrected chi connectivity index (χ0v) is 23.0. The summed E-state index contributed by atoms with van der Waals surface area (Å²) in [6.07, 6.45) is 1.92. The number of aromatic nitrogens is 1. The summed E-state index contributed by atoms with van der Waals surface area (Å²) in [5.74, 6) is -1.97. The number of unbranched alkanes of at least 4 members (excludes halogenated alkanes) is 1. The van der Waals surface area contributed by atoms with E-state index in [2.05, 4.69) is 11.9 Å². The number of anilines is 1. The van der Waals surface area contributed by atoms with Crippen LogP contribution in [0.15, 0.2) is 48.0 Å². The van der Waals surface area contributed by atoms with Gasteiger partial charge in [-0.15, -0.1) is 0 Å². The largest absolute Gasteiger partial charge is 0.507 e. The molecule has 1 saturated heterocycles. The minimum absolute atomic E-state index is 0.0937. The predicted octanol–water partition coefficient (Wildman–Crippen LogP) is 6.01. The van der Waals surface area contributed by atoms with Crippen molar-refractivity contribution in [2.45, 2.75) is 39.7 Å². The summed E-state index contributed by atoms with van der Waals surface area (Å²) in [6, 6.07) is 10.7. The molecule has 10 heteroatoms. The van der Waals surface area contributed by atoms with Gasteiger partial charge in [-0.1, -0.05) is 48.4 Å². The number of hydrogen-bond acceptors (Lipinski definition) is 8. The minimum atomic E-state index is -0.996. The second kappa shape index (κ2) is 11.4. The molecule has 1 atom stereocenters. The van der Waals surface area contributed by atoms with E-state index in [1.165, 1.54) is 12.0 Å². The Morgan fingerprint density at radius 1 is 1.16 bits per heavy atom. The molecule has 4 rings (SSSR count). The normalized spacial score (nSPS) is 16.7. The van der Waals surface area contributed by atoms with Gasteiger partial charge in [-0.2, -0.15) is 0 Å². The maximum atomic E-state index is 13.4. The number of methoxy groups -OCH3 is 1. The van der Waals surface area contributed by atoms with Crippen molar-refractivity contribution in [2.75, 3.05) is 18.6 Å². The topological polar surface area (TPSA) is 106 Å². The van der Waals surface area contributed by atoms with Crippen molar-refractivity contribution in [3.05, 3.63) is 80.3 Å². The minimum Gasteiger partial charge on any atom is -0.507 e. The van der Waals surface area contributed by atoms with Gasteiger partial charge in [0.15, 0.2) is 5.13 Å². The van der Waals surface area contributed by atoms with Crippen molar-refractivity contribution < 1.29 is 29.0 Å². The number of aliphatic hydroxyl groups is 1. The number of esters is 1. The van der Waals surface area contributed by atoms with E-state index in [9.17, 15) is 19.5 Å². The van der Waals surface area contributed by atoms with Crippen molar-refractivity contribution in [1.82, 2.24) is 4.98 Å². The number of benzene rings is 2. The highest BCUT2D eigenvalue weighted by atomic mass is 35.5. The number of aliphatic hydroxyl groups excluding tert-OH is 1. The van der Waals surface area contributed by atoms with Crippen LogP contribution in [0, 0.1) is 13.8 Å². The molecule has 0 aliphatic carbocycles. The predicted molar refractivity (Wildman–Crippen MR) is 146 cm³/mol. The molecule has 1 N–H and O–H groups in total. The quantitative estimate of drug-likeness (QED) is 0.119. The lowest BCUT2D eigenvalue weighted by atomic mass is 9.95. The lowest BCUT2D eigenvalue weighted by Gasteiger charge is -2.23. The molecule has 2 heterocycles. The van der Waals surface area contributed by atoms with Crippen molar-refractivity contribution in [2.24, 2.45) is 0 Å². The van der Waals surface area contributed by atoms with Gasteiger partial charge in [0.2, 0.25) is 0 Å². The molecule has 1 aromatic heterocycles. The monoisotopic (exact) mass is 554 g/mol. The van der Waals surface area contributed by atoms with Gasteiger partial charge in [0.05, 0.1) is 31.0 Å². The molecule has 0 bridgehead atoms. The van der Waals surface area contributed by atoms with Crippen LogP contribution in [0.4, 0.5) is 5.13 Å². The van der Waals surface area contributed by atoms with Gasteiger partial charge in [0.25, 0.3) is 5.78 Å². The molecule has 198 valence electrons. The summed E-state index contributed by atoms with van der Waals surface area (Å²) in [5, 5.41) is 12.0. The van der Waals surface area contributed by atoms with E-state index in [1.807, 2.05) is 6.92 Å². The Morgan fingerprint density at radius 3 is 2.50 bits per heavy atom. The highest BCUT2D eigenvalue weighted by molar-refractivity contribution is 7.17. The number of hydrogen-bond donors (Lipinski definition) is 1. The van der Waals surface area contributed by atoms with Gasteiger partial charge in [-0.3, -0.25) is 14.5 Å². The van der Waals surface area contributed by atoms with Crippen LogP contribution < -0.4 is 9.64 Å². The average Bonchev–Trinajstić information content (AvgIpc) is 3.41. The zero-order valence-electron chi connectivity index (χ0n) is 21.4. The molecule has 3 aromatic rings. The van der Waals surface area contributed by atoms with E-state index in [-0.39, 0.29) is 21.3 Å². The van der Waals surface area contributed by atoms with E-state index >= 15 is 0 Å². The van der Waals surface area contributed by atoms with Gasteiger partial charge in [-0.05, 0) is 61.7 Å². The van der Waals surface area contributed by atoms with Crippen LogP contribution in [0.25, 0.3) is 5.76 Å². The molecule has 1 unspecified atom stereocenters. The van der Waals surface area contributed by atoms with Gasteiger partial charge in [0.1, 0.15) is 16.4 Å². The molecule has 1 fully saturated rings. The van der Waals surface area contributed by atoms with Crippen molar-refractivity contribution in [3.8, 4) is 5.75 Å². The Labute approximate surface area is 229 Å². The average molecular weight is 555 g/mol. The maximum absolute atomic E-state index is 13.4. The summed E-state index contributed by atoms with van der Waals surface area (Å²) in [6.45, 7) is 6.12. The molecule has 2 aromatic carbocycles.